The van der Waals surface area contributed by atoms with E-state index in [4.69, 9.17) is 9.47 Å². The van der Waals surface area contributed by atoms with E-state index in [1.165, 1.54) is 24.5 Å². The number of rotatable bonds is 3. The van der Waals surface area contributed by atoms with E-state index in [0.717, 1.165) is 25.0 Å². The lowest BCUT2D eigenvalue weighted by molar-refractivity contribution is -0.160. The summed E-state index contributed by atoms with van der Waals surface area (Å²) in [7, 11) is -0.639. The average molecular weight is 397 g/mol. The molecular weight excluding hydrogens is 368 g/mol. The number of hydrogen-bond donors (Lipinski definition) is 0. The van der Waals surface area contributed by atoms with Crippen molar-refractivity contribution in [3.05, 3.63) is 28.8 Å². The molecule has 1 spiro atoms. The van der Waals surface area contributed by atoms with E-state index in [1.54, 1.807) is 17.9 Å². The SMILES string of the molecule is Cc1cc(C(=O)N2CCO[C@]3(CCCOC3)C2)cc(S(=O)(=O)N(C)C)c1C. The second-order valence-electron chi connectivity index (χ2n) is 7.62. The van der Waals surface area contributed by atoms with Crippen LogP contribution in [0, 0.1) is 13.8 Å². The van der Waals surface area contributed by atoms with Crippen molar-refractivity contribution < 1.29 is 22.7 Å². The summed E-state index contributed by atoms with van der Waals surface area (Å²) in [6.45, 7) is 6.23. The third kappa shape index (κ3) is 3.89. The highest BCUT2D eigenvalue weighted by Crippen LogP contribution is 2.29. The maximum atomic E-state index is 13.2. The smallest absolute Gasteiger partial charge is 0.254 e. The summed E-state index contributed by atoms with van der Waals surface area (Å²) in [5.41, 5.74) is 1.40. The molecule has 2 aliphatic rings. The van der Waals surface area contributed by atoms with E-state index < -0.39 is 15.6 Å². The lowest BCUT2D eigenvalue weighted by atomic mass is 9.94. The Morgan fingerprint density at radius 2 is 1.96 bits per heavy atom. The summed E-state index contributed by atoms with van der Waals surface area (Å²) >= 11 is 0. The molecule has 8 heteroatoms. The van der Waals surface area contributed by atoms with Crippen molar-refractivity contribution in [1.29, 1.82) is 0 Å². The van der Waals surface area contributed by atoms with Gasteiger partial charge in [-0.3, -0.25) is 4.79 Å². The fourth-order valence-corrected chi connectivity index (χ4v) is 4.90. The lowest BCUT2D eigenvalue weighted by Crippen LogP contribution is -2.57. The first kappa shape index (κ1) is 20.3. The van der Waals surface area contributed by atoms with Crippen molar-refractivity contribution >= 4 is 15.9 Å². The molecule has 1 atom stereocenters. The number of aryl methyl sites for hydroxylation is 1. The summed E-state index contributed by atoms with van der Waals surface area (Å²) in [4.78, 5) is 15.1. The molecule has 0 radical (unpaired) electrons. The third-order valence-corrected chi connectivity index (χ3v) is 7.39. The summed E-state index contributed by atoms with van der Waals surface area (Å²) in [6.07, 6.45) is 1.78. The predicted octanol–water partition coefficient (Wildman–Crippen LogP) is 1.58. The monoisotopic (exact) mass is 396 g/mol. The second kappa shape index (κ2) is 7.50. The topological polar surface area (TPSA) is 76.1 Å². The molecule has 0 N–H and O–H groups in total. The van der Waals surface area contributed by atoms with Crippen LogP contribution in [0.5, 0.6) is 0 Å². The van der Waals surface area contributed by atoms with Gasteiger partial charge in [0.05, 0.1) is 24.7 Å². The quantitative estimate of drug-likeness (QED) is 0.775. The molecule has 0 bridgehead atoms. The molecule has 0 aromatic heterocycles. The van der Waals surface area contributed by atoms with Crippen LogP contribution in [0.25, 0.3) is 0 Å². The van der Waals surface area contributed by atoms with Crippen molar-refractivity contribution in [3.8, 4) is 0 Å². The largest absolute Gasteiger partial charge is 0.378 e. The van der Waals surface area contributed by atoms with Gasteiger partial charge in [-0.15, -0.1) is 0 Å². The molecule has 0 aliphatic carbocycles. The van der Waals surface area contributed by atoms with Crippen LogP contribution < -0.4 is 0 Å². The molecule has 150 valence electrons. The number of amides is 1. The normalized spacial score (nSPS) is 23.8. The fraction of sp³-hybridized carbons (Fsp3) is 0.632. The van der Waals surface area contributed by atoms with E-state index in [2.05, 4.69) is 0 Å². The number of hydrogen-bond acceptors (Lipinski definition) is 5. The lowest BCUT2D eigenvalue weighted by Gasteiger charge is -2.44. The first-order chi connectivity index (χ1) is 12.7. The van der Waals surface area contributed by atoms with E-state index in [1.807, 2.05) is 6.92 Å². The molecule has 2 saturated heterocycles. The van der Waals surface area contributed by atoms with Gasteiger partial charge >= 0.3 is 0 Å². The van der Waals surface area contributed by atoms with Gasteiger partial charge in [0.1, 0.15) is 5.60 Å². The molecule has 3 rings (SSSR count). The number of nitrogens with zero attached hydrogens (tertiary/aromatic N) is 2. The zero-order chi connectivity index (χ0) is 19.8. The second-order valence-corrected chi connectivity index (χ2v) is 9.74. The van der Waals surface area contributed by atoms with E-state index in [-0.39, 0.29) is 10.8 Å². The van der Waals surface area contributed by atoms with Crippen LogP contribution in [-0.2, 0) is 19.5 Å². The van der Waals surface area contributed by atoms with Gasteiger partial charge < -0.3 is 14.4 Å². The zero-order valence-electron chi connectivity index (χ0n) is 16.4. The number of carbonyl (C=O) groups is 1. The van der Waals surface area contributed by atoms with Crippen molar-refractivity contribution in [3.63, 3.8) is 0 Å². The minimum Gasteiger partial charge on any atom is -0.378 e. The van der Waals surface area contributed by atoms with E-state index in [0.29, 0.717) is 37.4 Å². The van der Waals surface area contributed by atoms with E-state index in [9.17, 15) is 13.2 Å². The Hall–Kier alpha value is -1.48. The van der Waals surface area contributed by atoms with Crippen molar-refractivity contribution in [1.82, 2.24) is 9.21 Å². The van der Waals surface area contributed by atoms with Gasteiger partial charge in [-0.25, -0.2) is 12.7 Å². The molecule has 27 heavy (non-hydrogen) atoms. The van der Waals surface area contributed by atoms with Gasteiger partial charge in [-0.2, -0.15) is 0 Å². The minimum atomic E-state index is -3.63. The molecule has 0 saturated carbocycles. The highest BCUT2D eigenvalue weighted by Gasteiger charge is 2.40. The Balaban J connectivity index is 1.92. The maximum absolute atomic E-state index is 13.2. The zero-order valence-corrected chi connectivity index (χ0v) is 17.3. The summed E-state index contributed by atoms with van der Waals surface area (Å²) in [5, 5.41) is 0. The van der Waals surface area contributed by atoms with Gasteiger partial charge in [0.25, 0.3) is 5.91 Å². The van der Waals surface area contributed by atoms with Gasteiger partial charge in [0.15, 0.2) is 0 Å². The van der Waals surface area contributed by atoms with Crippen LogP contribution in [0.3, 0.4) is 0 Å². The third-order valence-electron chi connectivity index (χ3n) is 5.45. The maximum Gasteiger partial charge on any atom is 0.254 e. The number of benzene rings is 1. The highest BCUT2D eigenvalue weighted by atomic mass is 32.2. The Labute approximate surface area is 161 Å². The molecule has 1 aromatic carbocycles. The molecule has 2 aliphatic heterocycles. The number of ether oxygens (including phenoxy) is 2. The first-order valence-electron chi connectivity index (χ1n) is 9.21. The molecule has 2 heterocycles. The number of carbonyl (C=O) groups excluding carboxylic acids is 1. The molecule has 1 aromatic rings. The Morgan fingerprint density at radius 1 is 1.22 bits per heavy atom. The number of sulfonamides is 1. The molecule has 1 amide bonds. The van der Waals surface area contributed by atoms with Gasteiger partial charge in [-0.1, -0.05) is 0 Å². The molecule has 2 fully saturated rings. The van der Waals surface area contributed by atoms with Crippen LogP contribution in [0.1, 0.15) is 34.3 Å². The van der Waals surface area contributed by atoms with Gasteiger partial charge in [-0.05, 0) is 49.9 Å². The van der Waals surface area contributed by atoms with Gasteiger partial charge in [0.2, 0.25) is 10.0 Å². The Morgan fingerprint density at radius 3 is 2.59 bits per heavy atom. The molecule has 7 nitrogen and oxygen atoms in total. The summed E-state index contributed by atoms with van der Waals surface area (Å²) in [5.74, 6) is -0.165. The standard InChI is InChI=1S/C19H28N2O5S/c1-14-10-16(11-17(15(14)2)27(23,24)20(3)4)18(22)21-7-9-26-19(12-21)6-5-8-25-13-19/h10-11H,5-9,12-13H2,1-4H3/t19-/m1/s1. The van der Waals surface area contributed by atoms with Crippen molar-refractivity contribution in [2.75, 3.05) is 47.0 Å². The number of morpholine rings is 1. The highest BCUT2D eigenvalue weighted by molar-refractivity contribution is 7.89. The van der Waals surface area contributed by atoms with Crippen molar-refractivity contribution in [2.24, 2.45) is 0 Å². The van der Waals surface area contributed by atoms with Crippen LogP contribution in [-0.4, -0.2) is 76.1 Å². The van der Waals surface area contributed by atoms with Gasteiger partial charge in [0, 0.05) is 32.8 Å². The molecular formula is C19H28N2O5S. The van der Waals surface area contributed by atoms with E-state index >= 15 is 0 Å². The average Bonchev–Trinajstić information content (AvgIpc) is 2.63. The Kier molecular flexibility index (Phi) is 5.63. The Bertz CT molecular complexity index is 823. The predicted molar refractivity (Wildman–Crippen MR) is 101 cm³/mol. The molecule has 0 unspecified atom stereocenters. The minimum absolute atomic E-state index is 0.165. The van der Waals surface area contributed by atoms with Crippen molar-refractivity contribution in [2.45, 2.75) is 37.2 Å². The van der Waals surface area contributed by atoms with Crippen LogP contribution >= 0.6 is 0 Å². The summed E-state index contributed by atoms with van der Waals surface area (Å²) in [6, 6.07) is 3.27. The van der Waals surface area contributed by atoms with Crippen LogP contribution in [0.2, 0.25) is 0 Å². The fourth-order valence-electron chi connectivity index (χ4n) is 3.68. The van der Waals surface area contributed by atoms with Crippen LogP contribution in [0.4, 0.5) is 0 Å². The summed E-state index contributed by atoms with van der Waals surface area (Å²) < 4.78 is 38.0. The first-order valence-corrected chi connectivity index (χ1v) is 10.7. The van der Waals surface area contributed by atoms with Crippen LogP contribution in [0.15, 0.2) is 17.0 Å².